The van der Waals surface area contributed by atoms with Crippen molar-refractivity contribution in [2.24, 2.45) is 7.05 Å². The zero-order valence-corrected chi connectivity index (χ0v) is 8.69. The first kappa shape index (κ1) is 11.3. The van der Waals surface area contributed by atoms with Crippen LogP contribution in [0.25, 0.3) is 0 Å². The van der Waals surface area contributed by atoms with Gasteiger partial charge < -0.3 is 5.11 Å². The Morgan fingerprint density at radius 2 is 2.53 bits per heavy atom. The third kappa shape index (κ3) is 2.58. The summed E-state index contributed by atoms with van der Waals surface area (Å²) < 4.78 is 1.53. The number of carbonyl (C=O) groups is 1. The number of terminal acetylenes is 1. The maximum Gasteiger partial charge on any atom is 0.339 e. The molecule has 0 saturated carbocycles. The minimum absolute atomic E-state index is 0.0958. The highest BCUT2D eigenvalue weighted by Crippen LogP contribution is 2.07. The molecule has 0 spiro atoms. The molecule has 1 aromatic rings. The molecule has 5 heteroatoms. The van der Waals surface area contributed by atoms with Crippen LogP contribution in [0.5, 0.6) is 0 Å². The summed E-state index contributed by atoms with van der Waals surface area (Å²) in [6.45, 7) is 2.22. The molecular formula is C10H13N3O2. The van der Waals surface area contributed by atoms with Crippen LogP contribution in [0.1, 0.15) is 23.0 Å². The van der Waals surface area contributed by atoms with Gasteiger partial charge in [0.15, 0.2) is 0 Å². The van der Waals surface area contributed by atoms with E-state index in [1.165, 1.54) is 10.9 Å². The van der Waals surface area contributed by atoms with Gasteiger partial charge >= 0.3 is 5.97 Å². The molecular weight excluding hydrogens is 194 g/mol. The zero-order chi connectivity index (χ0) is 11.4. The molecule has 0 amide bonds. The van der Waals surface area contributed by atoms with Crippen molar-refractivity contribution in [3.63, 3.8) is 0 Å². The number of carboxylic acids is 1. The van der Waals surface area contributed by atoms with E-state index in [9.17, 15) is 4.79 Å². The summed E-state index contributed by atoms with van der Waals surface area (Å²) in [7, 11) is 1.70. The van der Waals surface area contributed by atoms with Crippen molar-refractivity contribution in [1.82, 2.24) is 15.1 Å². The minimum atomic E-state index is -0.978. The van der Waals surface area contributed by atoms with Gasteiger partial charge in [-0.05, 0) is 6.92 Å². The van der Waals surface area contributed by atoms with Crippen molar-refractivity contribution in [1.29, 1.82) is 0 Å². The standard InChI is InChI=1S/C10H13N3O2/c1-4-7(2)11-6-9-8(10(14)15)5-12-13(9)3/h1,5,7,11H,6H2,2-3H3,(H,14,15). The van der Waals surface area contributed by atoms with Crippen LogP contribution in [0, 0.1) is 12.3 Å². The Hall–Kier alpha value is -1.80. The van der Waals surface area contributed by atoms with E-state index >= 15 is 0 Å². The summed E-state index contributed by atoms with van der Waals surface area (Å²) in [5, 5.41) is 15.8. The molecule has 1 heterocycles. The van der Waals surface area contributed by atoms with Gasteiger partial charge in [-0.15, -0.1) is 6.42 Å². The molecule has 0 aliphatic carbocycles. The second-order valence-corrected chi connectivity index (χ2v) is 3.20. The fourth-order valence-electron chi connectivity index (χ4n) is 1.16. The average Bonchev–Trinajstić information content (AvgIpc) is 2.56. The lowest BCUT2D eigenvalue weighted by atomic mass is 10.2. The maximum atomic E-state index is 10.8. The molecule has 15 heavy (non-hydrogen) atoms. The number of hydrogen-bond donors (Lipinski definition) is 2. The Morgan fingerprint density at radius 1 is 1.87 bits per heavy atom. The fourth-order valence-corrected chi connectivity index (χ4v) is 1.16. The summed E-state index contributed by atoms with van der Waals surface area (Å²) in [6, 6.07) is -0.0958. The Bertz CT molecular complexity index is 403. The van der Waals surface area contributed by atoms with E-state index in [0.29, 0.717) is 12.2 Å². The Morgan fingerprint density at radius 3 is 3.07 bits per heavy atom. The number of aromatic carboxylic acids is 1. The summed E-state index contributed by atoms with van der Waals surface area (Å²) in [4.78, 5) is 10.8. The molecule has 1 aromatic heterocycles. The summed E-state index contributed by atoms with van der Waals surface area (Å²) in [6.07, 6.45) is 6.53. The van der Waals surface area contributed by atoms with Gasteiger partial charge in [-0.3, -0.25) is 10.00 Å². The lowest BCUT2D eigenvalue weighted by molar-refractivity contribution is 0.0695. The number of nitrogens with zero attached hydrogens (tertiary/aromatic N) is 2. The van der Waals surface area contributed by atoms with E-state index in [0.717, 1.165) is 0 Å². The van der Waals surface area contributed by atoms with Crippen molar-refractivity contribution in [3.8, 4) is 12.3 Å². The molecule has 1 rings (SSSR count). The van der Waals surface area contributed by atoms with Gasteiger partial charge in [-0.1, -0.05) is 5.92 Å². The van der Waals surface area contributed by atoms with Gasteiger partial charge in [0.25, 0.3) is 0 Å². The van der Waals surface area contributed by atoms with Gasteiger partial charge in [0.2, 0.25) is 0 Å². The predicted octanol–water partition coefficient (Wildman–Crippen LogP) is 0.230. The summed E-state index contributed by atoms with van der Waals surface area (Å²) in [5.41, 5.74) is 0.818. The summed E-state index contributed by atoms with van der Waals surface area (Å²) >= 11 is 0. The minimum Gasteiger partial charge on any atom is -0.478 e. The van der Waals surface area contributed by atoms with E-state index in [1.54, 1.807) is 7.05 Å². The summed E-state index contributed by atoms with van der Waals surface area (Å²) in [5.74, 6) is 1.53. The molecule has 0 aliphatic rings. The number of rotatable bonds is 4. The lowest BCUT2D eigenvalue weighted by Crippen LogP contribution is -2.25. The second kappa shape index (κ2) is 4.62. The van der Waals surface area contributed by atoms with E-state index < -0.39 is 5.97 Å². The molecule has 2 N–H and O–H groups in total. The van der Waals surface area contributed by atoms with Gasteiger partial charge in [-0.25, -0.2) is 4.79 Å². The average molecular weight is 207 g/mol. The van der Waals surface area contributed by atoms with Gasteiger partial charge in [0.05, 0.1) is 17.9 Å². The van der Waals surface area contributed by atoms with Crippen molar-refractivity contribution in [2.45, 2.75) is 19.5 Å². The van der Waals surface area contributed by atoms with Crippen molar-refractivity contribution < 1.29 is 9.90 Å². The topological polar surface area (TPSA) is 67.2 Å². The van der Waals surface area contributed by atoms with Crippen molar-refractivity contribution in [2.75, 3.05) is 0 Å². The molecule has 0 radical (unpaired) electrons. The lowest BCUT2D eigenvalue weighted by Gasteiger charge is -2.08. The largest absolute Gasteiger partial charge is 0.478 e. The first-order valence-electron chi connectivity index (χ1n) is 4.50. The highest BCUT2D eigenvalue weighted by molar-refractivity contribution is 5.88. The molecule has 0 fully saturated rings. The number of carboxylic acid groups (broad SMARTS) is 1. The van der Waals surface area contributed by atoms with Crippen LogP contribution in [0.2, 0.25) is 0 Å². The molecule has 0 aliphatic heterocycles. The zero-order valence-electron chi connectivity index (χ0n) is 8.69. The fraction of sp³-hybridized carbons (Fsp3) is 0.400. The monoisotopic (exact) mass is 207 g/mol. The van der Waals surface area contributed by atoms with E-state index in [2.05, 4.69) is 16.3 Å². The molecule has 0 bridgehead atoms. The number of hydrogen-bond acceptors (Lipinski definition) is 3. The van der Waals surface area contributed by atoms with E-state index in [1.807, 2.05) is 6.92 Å². The maximum absolute atomic E-state index is 10.8. The van der Waals surface area contributed by atoms with Gasteiger partial charge in [0.1, 0.15) is 5.56 Å². The van der Waals surface area contributed by atoms with Crippen LogP contribution in [-0.2, 0) is 13.6 Å². The Kier molecular flexibility index (Phi) is 3.47. The predicted molar refractivity (Wildman–Crippen MR) is 55.3 cm³/mol. The van der Waals surface area contributed by atoms with Crippen LogP contribution >= 0.6 is 0 Å². The third-order valence-corrected chi connectivity index (χ3v) is 2.12. The number of aryl methyl sites for hydroxylation is 1. The normalized spacial score (nSPS) is 12.1. The van der Waals surface area contributed by atoms with Crippen molar-refractivity contribution in [3.05, 3.63) is 17.5 Å². The van der Waals surface area contributed by atoms with Gasteiger partial charge in [0, 0.05) is 13.6 Å². The number of nitrogens with one attached hydrogen (secondary N) is 1. The quantitative estimate of drug-likeness (QED) is 0.693. The molecule has 1 atom stereocenters. The Balaban J connectivity index is 2.80. The van der Waals surface area contributed by atoms with Crippen LogP contribution in [0.15, 0.2) is 6.20 Å². The SMILES string of the molecule is C#CC(C)NCc1c(C(=O)O)cnn1C. The first-order valence-corrected chi connectivity index (χ1v) is 4.50. The van der Waals surface area contributed by atoms with Crippen molar-refractivity contribution >= 4 is 5.97 Å². The smallest absolute Gasteiger partial charge is 0.339 e. The van der Waals surface area contributed by atoms with E-state index in [-0.39, 0.29) is 11.6 Å². The highest BCUT2D eigenvalue weighted by Gasteiger charge is 2.14. The molecule has 80 valence electrons. The molecule has 5 nitrogen and oxygen atoms in total. The molecule has 1 unspecified atom stereocenters. The second-order valence-electron chi connectivity index (χ2n) is 3.20. The molecule has 0 aromatic carbocycles. The van der Waals surface area contributed by atoms with Crippen LogP contribution in [0.4, 0.5) is 0 Å². The highest BCUT2D eigenvalue weighted by atomic mass is 16.4. The number of aromatic nitrogens is 2. The van der Waals surface area contributed by atoms with Gasteiger partial charge in [-0.2, -0.15) is 5.10 Å². The first-order chi connectivity index (χ1) is 7.06. The Labute approximate surface area is 88.1 Å². The third-order valence-electron chi connectivity index (χ3n) is 2.12. The molecule has 0 saturated heterocycles. The van der Waals surface area contributed by atoms with E-state index in [4.69, 9.17) is 11.5 Å². The van der Waals surface area contributed by atoms with Crippen LogP contribution < -0.4 is 5.32 Å². The van der Waals surface area contributed by atoms with Crippen LogP contribution in [0.3, 0.4) is 0 Å². The van der Waals surface area contributed by atoms with Crippen LogP contribution in [-0.4, -0.2) is 26.9 Å².